The Bertz CT molecular complexity index is 894. The van der Waals surface area contributed by atoms with Crippen LogP contribution in [0.15, 0.2) is 50.1 Å². The molecule has 0 aliphatic rings. The van der Waals surface area contributed by atoms with E-state index in [9.17, 15) is 9.59 Å². The minimum atomic E-state index is -0.540. The van der Waals surface area contributed by atoms with Crippen molar-refractivity contribution >= 4 is 32.8 Å². The fourth-order valence-corrected chi connectivity index (χ4v) is 2.60. The van der Waals surface area contributed by atoms with Crippen molar-refractivity contribution in [1.82, 2.24) is 4.98 Å². The van der Waals surface area contributed by atoms with Crippen LogP contribution in [0.4, 0.5) is 0 Å². The zero-order valence-corrected chi connectivity index (χ0v) is 12.6. The Kier molecular flexibility index (Phi) is 3.39. The highest BCUT2D eigenvalue weighted by molar-refractivity contribution is 9.10. The fourth-order valence-electron chi connectivity index (χ4n) is 2.06. The molecule has 0 aliphatic heterocycles. The summed E-state index contributed by atoms with van der Waals surface area (Å²) in [6.07, 6.45) is 0. The number of methoxy groups -OCH3 is 1. The van der Waals surface area contributed by atoms with Crippen LogP contribution in [0, 0.1) is 0 Å². The van der Waals surface area contributed by atoms with Gasteiger partial charge in [0.1, 0.15) is 5.75 Å². The van der Waals surface area contributed by atoms with E-state index in [0.29, 0.717) is 32.4 Å². The van der Waals surface area contributed by atoms with Crippen LogP contribution in [-0.4, -0.2) is 17.9 Å². The third-order valence-corrected chi connectivity index (χ3v) is 3.72. The Morgan fingerprint density at radius 2 is 1.90 bits per heavy atom. The minimum absolute atomic E-state index is 0.163. The molecule has 1 N–H and O–H groups in total. The number of rotatable bonds is 3. The van der Waals surface area contributed by atoms with E-state index in [-0.39, 0.29) is 5.78 Å². The SMILES string of the molecule is COc1ccc(C(=O)c2ccc3[nH]c(=O)oc3c2)cc1Br. The molecule has 1 heterocycles. The number of carbonyl (C=O) groups is 1. The quantitative estimate of drug-likeness (QED) is 0.738. The topological polar surface area (TPSA) is 72.3 Å². The lowest BCUT2D eigenvalue weighted by Gasteiger charge is -2.06. The summed E-state index contributed by atoms with van der Waals surface area (Å²) in [5.41, 5.74) is 1.88. The van der Waals surface area contributed by atoms with Crippen molar-refractivity contribution in [3.05, 3.63) is 62.5 Å². The fraction of sp³-hybridized carbons (Fsp3) is 0.0667. The predicted octanol–water partition coefficient (Wildman–Crippen LogP) is 3.12. The number of hydrogen-bond donors (Lipinski definition) is 1. The highest BCUT2D eigenvalue weighted by Gasteiger charge is 2.13. The third-order valence-electron chi connectivity index (χ3n) is 3.10. The molecule has 0 amide bonds. The maximum Gasteiger partial charge on any atom is 0.417 e. The van der Waals surface area contributed by atoms with Gasteiger partial charge in [0.05, 0.1) is 17.1 Å². The number of oxazole rings is 1. The smallest absolute Gasteiger partial charge is 0.417 e. The Morgan fingerprint density at radius 3 is 2.62 bits per heavy atom. The lowest BCUT2D eigenvalue weighted by Crippen LogP contribution is -2.01. The van der Waals surface area contributed by atoms with E-state index >= 15 is 0 Å². The number of H-pyrrole nitrogens is 1. The molecule has 0 spiro atoms. The lowest BCUT2D eigenvalue weighted by atomic mass is 10.0. The van der Waals surface area contributed by atoms with Gasteiger partial charge in [0, 0.05) is 11.1 Å². The number of ether oxygens (including phenoxy) is 1. The summed E-state index contributed by atoms with van der Waals surface area (Å²) in [6.45, 7) is 0. The first-order valence-electron chi connectivity index (χ1n) is 6.09. The molecule has 0 saturated carbocycles. The number of ketones is 1. The van der Waals surface area contributed by atoms with Gasteiger partial charge in [-0.2, -0.15) is 0 Å². The Hall–Kier alpha value is -2.34. The van der Waals surface area contributed by atoms with Crippen LogP contribution in [0.5, 0.6) is 5.75 Å². The van der Waals surface area contributed by atoms with Crippen molar-refractivity contribution in [2.45, 2.75) is 0 Å². The summed E-state index contributed by atoms with van der Waals surface area (Å²) in [5, 5.41) is 0. The number of halogens is 1. The molecular weight excluding hydrogens is 338 g/mol. The Balaban J connectivity index is 2.03. The first kappa shape index (κ1) is 13.6. The number of fused-ring (bicyclic) bond motifs is 1. The van der Waals surface area contributed by atoms with E-state index in [1.165, 1.54) is 0 Å². The van der Waals surface area contributed by atoms with Crippen molar-refractivity contribution in [3.8, 4) is 5.75 Å². The van der Waals surface area contributed by atoms with Crippen molar-refractivity contribution in [1.29, 1.82) is 0 Å². The second kappa shape index (κ2) is 5.21. The van der Waals surface area contributed by atoms with Crippen molar-refractivity contribution < 1.29 is 13.9 Å². The molecule has 21 heavy (non-hydrogen) atoms. The van der Waals surface area contributed by atoms with E-state index in [1.807, 2.05) is 0 Å². The molecule has 106 valence electrons. The monoisotopic (exact) mass is 347 g/mol. The summed E-state index contributed by atoms with van der Waals surface area (Å²) in [7, 11) is 1.56. The number of aromatic amines is 1. The van der Waals surface area contributed by atoms with E-state index in [0.717, 1.165) is 0 Å². The summed E-state index contributed by atoms with van der Waals surface area (Å²) in [6, 6.07) is 9.93. The number of hydrogen-bond acceptors (Lipinski definition) is 4. The highest BCUT2D eigenvalue weighted by atomic mass is 79.9. The normalized spacial score (nSPS) is 10.8. The second-order valence-corrected chi connectivity index (χ2v) is 5.26. The number of benzene rings is 2. The minimum Gasteiger partial charge on any atom is -0.496 e. The van der Waals surface area contributed by atoms with Gasteiger partial charge >= 0.3 is 5.76 Å². The molecular formula is C15H10BrNO4. The van der Waals surface area contributed by atoms with Gasteiger partial charge in [0.15, 0.2) is 11.4 Å². The van der Waals surface area contributed by atoms with Crippen LogP contribution in [0.3, 0.4) is 0 Å². The first-order chi connectivity index (χ1) is 10.1. The third kappa shape index (κ3) is 2.50. The molecule has 3 aromatic rings. The van der Waals surface area contributed by atoms with Gasteiger partial charge in [0.25, 0.3) is 0 Å². The Morgan fingerprint density at radius 1 is 1.19 bits per heavy atom. The van der Waals surface area contributed by atoms with Crippen LogP contribution in [0.1, 0.15) is 15.9 Å². The van der Waals surface area contributed by atoms with E-state index in [4.69, 9.17) is 9.15 Å². The van der Waals surface area contributed by atoms with Crippen LogP contribution in [-0.2, 0) is 0 Å². The van der Waals surface area contributed by atoms with E-state index < -0.39 is 5.76 Å². The molecule has 6 heteroatoms. The van der Waals surface area contributed by atoms with Crippen LogP contribution in [0.25, 0.3) is 11.1 Å². The van der Waals surface area contributed by atoms with Crippen LogP contribution in [0.2, 0.25) is 0 Å². The maximum absolute atomic E-state index is 12.5. The van der Waals surface area contributed by atoms with Crippen molar-refractivity contribution in [3.63, 3.8) is 0 Å². The molecule has 1 aromatic heterocycles. The lowest BCUT2D eigenvalue weighted by molar-refractivity contribution is 0.103. The number of aromatic nitrogens is 1. The van der Waals surface area contributed by atoms with Gasteiger partial charge in [0.2, 0.25) is 0 Å². The van der Waals surface area contributed by atoms with Gasteiger partial charge in [-0.3, -0.25) is 9.78 Å². The van der Waals surface area contributed by atoms with Crippen molar-refractivity contribution in [2.24, 2.45) is 0 Å². The number of carbonyl (C=O) groups excluding carboxylic acids is 1. The molecule has 0 bridgehead atoms. The van der Waals surface area contributed by atoms with Gasteiger partial charge in [-0.25, -0.2) is 4.79 Å². The van der Waals surface area contributed by atoms with Gasteiger partial charge in [-0.05, 0) is 52.3 Å². The molecule has 0 aliphatic carbocycles. The summed E-state index contributed by atoms with van der Waals surface area (Å²) in [4.78, 5) is 26.1. The second-order valence-electron chi connectivity index (χ2n) is 4.40. The Labute approximate surface area is 127 Å². The molecule has 2 aromatic carbocycles. The van der Waals surface area contributed by atoms with Crippen LogP contribution < -0.4 is 10.5 Å². The largest absolute Gasteiger partial charge is 0.496 e. The van der Waals surface area contributed by atoms with E-state index in [2.05, 4.69) is 20.9 Å². The summed E-state index contributed by atoms with van der Waals surface area (Å²) in [5.74, 6) is -0.0514. The predicted molar refractivity (Wildman–Crippen MR) is 81.0 cm³/mol. The zero-order valence-electron chi connectivity index (χ0n) is 11.0. The highest BCUT2D eigenvalue weighted by Crippen LogP contribution is 2.27. The molecule has 0 atom stereocenters. The maximum atomic E-state index is 12.5. The molecule has 3 rings (SSSR count). The van der Waals surface area contributed by atoms with Gasteiger partial charge in [-0.15, -0.1) is 0 Å². The summed E-state index contributed by atoms with van der Waals surface area (Å²) >= 11 is 3.35. The molecule has 0 fully saturated rings. The average molecular weight is 348 g/mol. The van der Waals surface area contributed by atoms with E-state index in [1.54, 1.807) is 43.5 Å². The molecule has 0 saturated heterocycles. The van der Waals surface area contributed by atoms with Gasteiger partial charge in [-0.1, -0.05) is 0 Å². The molecule has 0 unspecified atom stereocenters. The number of nitrogens with one attached hydrogen (secondary N) is 1. The molecule has 5 nitrogen and oxygen atoms in total. The summed E-state index contributed by atoms with van der Waals surface area (Å²) < 4.78 is 10.8. The first-order valence-corrected chi connectivity index (χ1v) is 6.89. The van der Waals surface area contributed by atoms with Crippen molar-refractivity contribution in [2.75, 3.05) is 7.11 Å². The molecule has 0 radical (unpaired) electrons. The zero-order chi connectivity index (χ0) is 15.0. The van der Waals surface area contributed by atoms with Gasteiger partial charge < -0.3 is 9.15 Å². The average Bonchev–Trinajstić information content (AvgIpc) is 2.85. The standard InChI is InChI=1S/C15H10BrNO4/c1-20-12-5-3-8(6-10(12)16)14(18)9-2-4-11-13(7-9)21-15(19)17-11/h2-7H,1H3,(H,17,19). The van der Waals surface area contributed by atoms with Crippen LogP contribution >= 0.6 is 15.9 Å².